The quantitative estimate of drug-likeness (QED) is 0.823. The molecule has 20 heavy (non-hydrogen) atoms. The first-order valence-corrected chi connectivity index (χ1v) is 8.16. The number of aromatic nitrogens is 3. The van der Waals surface area contributed by atoms with Crippen LogP contribution >= 0.6 is 27.3 Å². The molecule has 0 saturated heterocycles. The average Bonchev–Trinajstić information content (AvgIpc) is 2.85. The van der Waals surface area contributed by atoms with E-state index in [1.807, 2.05) is 12.4 Å². The van der Waals surface area contributed by atoms with Gasteiger partial charge in [0.1, 0.15) is 0 Å². The first-order chi connectivity index (χ1) is 9.70. The minimum Gasteiger partial charge on any atom is -0.476 e. The summed E-state index contributed by atoms with van der Waals surface area (Å²) in [6.07, 6.45) is 3.57. The van der Waals surface area contributed by atoms with Crippen LogP contribution in [-0.4, -0.2) is 28.1 Å². The summed E-state index contributed by atoms with van der Waals surface area (Å²) in [5, 5.41) is 3.14. The second kappa shape index (κ2) is 7.54. The number of halogens is 1. The van der Waals surface area contributed by atoms with Gasteiger partial charge in [0.25, 0.3) is 0 Å². The Kier molecular flexibility index (Phi) is 5.72. The molecular formula is C13H17BrN4OS. The Morgan fingerprint density at radius 2 is 2.25 bits per heavy atom. The van der Waals surface area contributed by atoms with Gasteiger partial charge < -0.3 is 10.1 Å². The van der Waals surface area contributed by atoms with Gasteiger partial charge in [0.05, 0.1) is 28.5 Å². The molecule has 0 fully saturated rings. The Labute approximate surface area is 131 Å². The number of rotatable bonds is 7. The average molecular weight is 357 g/mol. The van der Waals surface area contributed by atoms with E-state index in [9.17, 15) is 0 Å². The molecule has 0 spiro atoms. The molecule has 0 amide bonds. The zero-order valence-corrected chi connectivity index (χ0v) is 13.9. The lowest BCUT2D eigenvalue weighted by Gasteiger charge is -2.09. The van der Waals surface area contributed by atoms with Crippen molar-refractivity contribution in [1.82, 2.24) is 15.0 Å². The predicted octanol–water partition coefficient (Wildman–Crippen LogP) is 3.45. The number of aryl methyl sites for hydroxylation is 1. The first-order valence-electron chi connectivity index (χ1n) is 6.49. The highest BCUT2D eigenvalue weighted by Crippen LogP contribution is 2.23. The van der Waals surface area contributed by atoms with Crippen LogP contribution in [0.1, 0.15) is 23.9 Å². The molecule has 0 atom stereocenters. The fourth-order valence-electron chi connectivity index (χ4n) is 1.58. The molecule has 0 aromatic carbocycles. The molecule has 5 nitrogen and oxygen atoms in total. The van der Waals surface area contributed by atoms with E-state index in [4.69, 9.17) is 4.74 Å². The van der Waals surface area contributed by atoms with E-state index in [1.165, 1.54) is 4.88 Å². The van der Waals surface area contributed by atoms with E-state index in [2.05, 4.69) is 43.1 Å². The van der Waals surface area contributed by atoms with Crippen LogP contribution in [0.3, 0.4) is 0 Å². The number of thiazole rings is 1. The molecule has 2 heterocycles. The minimum atomic E-state index is 0.570. The molecule has 0 aliphatic rings. The maximum absolute atomic E-state index is 5.73. The standard InChI is InChI=1S/C13H17BrN4OS/c1-3-5-15-13-16-7-10(14)12(18-13)19-6-4-11-9(2)17-8-20-11/h7-8H,3-6H2,1-2H3,(H,15,16,18). The summed E-state index contributed by atoms with van der Waals surface area (Å²) in [7, 11) is 0. The molecule has 1 N–H and O–H groups in total. The van der Waals surface area contributed by atoms with E-state index in [0.717, 1.165) is 29.6 Å². The zero-order valence-electron chi connectivity index (χ0n) is 11.5. The fourth-order valence-corrected chi connectivity index (χ4v) is 2.65. The molecule has 2 rings (SSSR count). The van der Waals surface area contributed by atoms with Crippen molar-refractivity contribution in [2.24, 2.45) is 0 Å². The van der Waals surface area contributed by atoms with Crippen molar-refractivity contribution in [3.05, 3.63) is 26.8 Å². The van der Waals surface area contributed by atoms with Gasteiger partial charge in [0, 0.05) is 17.8 Å². The summed E-state index contributed by atoms with van der Waals surface area (Å²) in [5.41, 5.74) is 2.93. The molecule has 0 saturated carbocycles. The van der Waals surface area contributed by atoms with Gasteiger partial charge in [-0.15, -0.1) is 11.3 Å². The zero-order chi connectivity index (χ0) is 14.4. The predicted molar refractivity (Wildman–Crippen MR) is 84.6 cm³/mol. The molecule has 7 heteroatoms. The third kappa shape index (κ3) is 4.14. The maximum atomic E-state index is 5.73. The van der Waals surface area contributed by atoms with Gasteiger partial charge in [-0.3, -0.25) is 0 Å². The smallest absolute Gasteiger partial charge is 0.232 e. The van der Waals surface area contributed by atoms with Crippen LogP contribution in [0.15, 0.2) is 16.2 Å². The fraction of sp³-hybridized carbons (Fsp3) is 0.462. The minimum absolute atomic E-state index is 0.570. The summed E-state index contributed by atoms with van der Waals surface area (Å²) < 4.78 is 6.49. The van der Waals surface area contributed by atoms with Crippen LogP contribution in [0, 0.1) is 6.92 Å². The highest BCUT2D eigenvalue weighted by atomic mass is 79.9. The summed E-state index contributed by atoms with van der Waals surface area (Å²) in [6, 6.07) is 0. The van der Waals surface area contributed by atoms with E-state index in [1.54, 1.807) is 17.5 Å². The number of nitrogens with zero attached hydrogens (tertiary/aromatic N) is 3. The van der Waals surface area contributed by atoms with Crippen LogP contribution in [0.5, 0.6) is 5.88 Å². The van der Waals surface area contributed by atoms with E-state index in [0.29, 0.717) is 18.4 Å². The molecule has 2 aromatic rings. The van der Waals surface area contributed by atoms with Crippen molar-refractivity contribution in [1.29, 1.82) is 0 Å². The number of ether oxygens (including phenoxy) is 1. The third-order valence-electron chi connectivity index (χ3n) is 2.66. The normalized spacial score (nSPS) is 10.6. The Balaban J connectivity index is 1.92. The van der Waals surface area contributed by atoms with E-state index >= 15 is 0 Å². The van der Waals surface area contributed by atoms with Gasteiger partial charge in [-0.05, 0) is 29.3 Å². The van der Waals surface area contributed by atoms with Crippen molar-refractivity contribution in [2.75, 3.05) is 18.5 Å². The van der Waals surface area contributed by atoms with Crippen LogP contribution in [0.25, 0.3) is 0 Å². The van der Waals surface area contributed by atoms with Crippen LogP contribution in [0.4, 0.5) is 5.95 Å². The molecule has 2 aromatic heterocycles. The molecule has 0 unspecified atom stereocenters. The van der Waals surface area contributed by atoms with Crippen LogP contribution in [0.2, 0.25) is 0 Å². The highest BCUT2D eigenvalue weighted by molar-refractivity contribution is 9.10. The molecule has 108 valence electrons. The van der Waals surface area contributed by atoms with Crippen molar-refractivity contribution in [3.63, 3.8) is 0 Å². The van der Waals surface area contributed by atoms with Gasteiger partial charge in [0.15, 0.2) is 0 Å². The molecular weight excluding hydrogens is 340 g/mol. The van der Waals surface area contributed by atoms with Crippen molar-refractivity contribution in [2.45, 2.75) is 26.7 Å². The van der Waals surface area contributed by atoms with Gasteiger partial charge in [-0.1, -0.05) is 6.92 Å². The largest absolute Gasteiger partial charge is 0.476 e. The number of anilines is 1. The lowest BCUT2D eigenvalue weighted by molar-refractivity contribution is 0.308. The summed E-state index contributed by atoms with van der Waals surface area (Å²) >= 11 is 5.06. The van der Waals surface area contributed by atoms with Gasteiger partial charge >= 0.3 is 0 Å². The topological polar surface area (TPSA) is 59.9 Å². The third-order valence-corrected chi connectivity index (χ3v) is 4.20. The highest BCUT2D eigenvalue weighted by Gasteiger charge is 2.07. The number of nitrogens with one attached hydrogen (secondary N) is 1. The Morgan fingerprint density at radius 1 is 1.40 bits per heavy atom. The van der Waals surface area contributed by atoms with Crippen molar-refractivity contribution < 1.29 is 4.74 Å². The lowest BCUT2D eigenvalue weighted by atomic mass is 10.3. The first kappa shape index (κ1) is 15.2. The SMILES string of the molecule is CCCNc1ncc(Br)c(OCCc2scnc2C)n1. The van der Waals surface area contributed by atoms with Crippen LogP contribution in [-0.2, 0) is 6.42 Å². The second-order valence-corrected chi connectivity index (χ2v) is 6.03. The second-order valence-electron chi connectivity index (χ2n) is 4.23. The lowest BCUT2D eigenvalue weighted by Crippen LogP contribution is -2.08. The Bertz CT molecular complexity index is 561. The van der Waals surface area contributed by atoms with Crippen molar-refractivity contribution in [3.8, 4) is 5.88 Å². The molecule has 0 radical (unpaired) electrons. The van der Waals surface area contributed by atoms with Gasteiger partial charge in [-0.25, -0.2) is 9.97 Å². The molecule has 0 aliphatic carbocycles. The van der Waals surface area contributed by atoms with Gasteiger partial charge in [0.2, 0.25) is 11.8 Å². The number of hydrogen-bond donors (Lipinski definition) is 1. The summed E-state index contributed by atoms with van der Waals surface area (Å²) in [6.45, 7) is 5.53. The Hall–Kier alpha value is -1.21. The number of hydrogen-bond acceptors (Lipinski definition) is 6. The molecule has 0 aliphatic heterocycles. The summed E-state index contributed by atoms with van der Waals surface area (Å²) in [5.74, 6) is 1.17. The Morgan fingerprint density at radius 3 is 2.95 bits per heavy atom. The van der Waals surface area contributed by atoms with E-state index in [-0.39, 0.29) is 0 Å². The van der Waals surface area contributed by atoms with E-state index < -0.39 is 0 Å². The van der Waals surface area contributed by atoms with Crippen molar-refractivity contribution >= 4 is 33.2 Å². The molecule has 0 bridgehead atoms. The maximum Gasteiger partial charge on any atom is 0.232 e. The monoisotopic (exact) mass is 356 g/mol. The van der Waals surface area contributed by atoms with Gasteiger partial charge in [-0.2, -0.15) is 4.98 Å². The summed E-state index contributed by atoms with van der Waals surface area (Å²) in [4.78, 5) is 14.0. The van der Waals surface area contributed by atoms with Crippen LogP contribution < -0.4 is 10.1 Å².